The lowest BCUT2D eigenvalue weighted by Crippen LogP contribution is -2.42. The molecular weight excluding hydrogens is 372 g/mol. The summed E-state index contributed by atoms with van der Waals surface area (Å²) in [6, 6.07) is 6.10. The number of imidazole rings is 2. The van der Waals surface area contributed by atoms with E-state index in [1.54, 1.807) is 4.40 Å². The number of primary amides is 1. The highest BCUT2D eigenvalue weighted by molar-refractivity contribution is 5.78. The molecule has 0 saturated heterocycles. The summed E-state index contributed by atoms with van der Waals surface area (Å²) >= 11 is 0. The van der Waals surface area contributed by atoms with Gasteiger partial charge in [0.25, 0.3) is 5.56 Å². The molecule has 0 fully saturated rings. The summed E-state index contributed by atoms with van der Waals surface area (Å²) in [5.74, 6) is -0.230. The van der Waals surface area contributed by atoms with Crippen molar-refractivity contribution in [3.63, 3.8) is 0 Å². The van der Waals surface area contributed by atoms with Crippen LogP contribution in [0.5, 0.6) is 0 Å². The molecule has 1 aromatic carbocycles. The Bertz CT molecular complexity index is 1450. The minimum Gasteiger partial charge on any atom is -0.368 e. The van der Waals surface area contributed by atoms with E-state index in [2.05, 4.69) is 11.1 Å². The normalized spacial score (nSPS) is 11.6. The number of aryl methyl sites for hydroxylation is 4. The van der Waals surface area contributed by atoms with Crippen LogP contribution in [0.3, 0.4) is 0 Å². The molecule has 0 spiro atoms. The first kappa shape index (κ1) is 18.7. The van der Waals surface area contributed by atoms with Crippen LogP contribution in [0.2, 0.25) is 0 Å². The van der Waals surface area contributed by atoms with E-state index in [0.717, 1.165) is 27.2 Å². The summed E-state index contributed by atoms with van der Waals surface area (Å²) in [4.78, 5) is 41.7. The number of aromatic nitrogens is 5. The van der Waals surface area contributed by atoms with Gasteiger partial charge in [-0.15, -0.1) is 0 Å². The molecule has 29 heavy (non-hydrogen) atoms. The minimum absolute atomic E-state index is 0.242. The van der Waals surface area contributed by atoms with Crippen molar-refractivity contribution in [1.82, 2.24) is 23.1 Å². The molecule has 3 aromatic heterocycles. The van der Waals surface area contributed by atoms with Gasteiger partial charge in [-0.2, -0.15) is 4.98 Å². The molecule has 0 atom stereocenters. The fourth-order valence-corrected chi connectivity index (χ4v) is 3.72. The van der Waals surface area contributed by atoms with Crippen LogP contribution in [0.1, 0.15) is 22.5 Å². The molecule has 0 aliphatic rings. The molecule has 0 radical (unpaired) electrons. The number of carbonyl (C=O) groups excluding carboxylic acids is 1. The molecule has 0 saturated carbocycles. The van der Waals surface area contributed by atoms with Crippen LogP contribution in [0.25, 0.3) is 22.6 Å². The van der Waals surface area contributed by atoms with Gasteiger partial charge in [-0.3, -0.25) is 23.1 Å². The number of rotatable bonds is 3. The average molecular weight is 394 g/mol. The standard InChI is InChI=1S/C20H22N6O3/c1-10-6-7-14(8-11(10)2)25-12(3)13(4)26-16-17(22-19(25)26)23(5)20(29)24(18(16)28)9-15(21)27/h6-8H,9H2,1-5H3,(H2,21,27). The van der Waals surface area contributed by atoms with Gasteiger partial charge in [0.2, 0.25) is 11.7 Å². The maximum Gasteiger partial charge on any atom is 0.332 e. The second kappa shape index (κ2) is 6.20. The number of fused-ring (bicyclic) bond motifs is 3. The highest BCUT2D eigenvalue weighted by atomic mass is 16.2. The Morgan fingerprint density at radius 3 is 2.38 bits per heavy atom. The van der Waals surface area contributed by atoms with Crippen LogP contribution in [0.4, 0.5) is 0 Å². The van der Waals surface area contributed by atoms with E-state index in [1.807, 2.05) is 44.4 Å². The van der Waals surface area contributed by atoms with Crippen LogP contribution in [0, 0.1) is 27.7 Å². The molecule has 150 valence electrons. The van der Waals surface area contributed by atoms with Gasteiger partial charge in [-0.25, -0.2) is 9.36 Å². The Labute approximate surface area is 165 Å². The monoisotopic (exact) mass is 394 g/mol. The molecule has 9 nitrogen and oxygen atoms in total. The zero-order valence-electron chi connectivity index (χ0n) is 17.0. The van der Waals surface area contributed by atoms with E-state index < -0.39 is 23.7 Å². The fourth-order valence-electron chi connectivity index (χ4n) is 3.72. The van der Waals surface area contributed by atoms with Gasteiger partial charge in [-0.05, 0) is 51.0 Å². The number of nitrogens with zero attached hydrogens (tertiary/aromatic N) is 5. The first-order chi connectivity index (χ1) is 13.6. The molecule has 0 aliphatic heterocycles. The molecule has 0 unspecified atom stereocenters. The van der Waals surface area contributed by atoms with Crippen molar-refractivity contribution < 1.29 is 4.79 Å². The topological polar surface area (TPSA) is 109 Å². The predicted molar refractivity (Wildman–Crippen MR) is 110 cm³/mol. The third kappa shape index (κ3) is 2.54. The zero-order valence-corrected chi connectivity index (χ0v) is 17.0. The second-order valence-electron chi connectivity index (χ2n) is 7.39. The van der Waals surface area contributed by atoms with E-state index in [1.165, 1.54) is 17.2 Å². The number of hydrogen-bond acceptors (Lipinski definition) is 4. The lowest BCUT2D eigenvalue weighted by atomic mass is 10.1. The Morgan fingerprint density at radius 1 is 1.07 bits per heavy atom. The molecule has 0 bridgehead atoms. The van der Waals surface area contributed by atoms with Gasteiger partial charge < -0.3 is 5.73 Å². The first-order valence-corrected chi connectivity index (χ1v) is 9.19. The summed E-state index contributed by atoms with van der Waals surface area (Å²) in [7, 11) is 1.52. The van der Waals surface area contributed by atoms with Gasteiger partial charge in [0, 0.05) is 24.1 Å². The third-order valence-corrected chi connectivity index (χ3v) is 5.58. The van der Waals surface area contributed by atoms with Crippen LogP contribution in [-0.2, 0) is 18.4 Å². The van der Waals surface area contributed by atoms with Crippen molar-refractivity contribution in [3.05, 3.63) is 61.6 Å². The van der Waals surface area contributed by atoms with Gasteiger partial charge in [-0.1, -0.05) is 6.07 Å². The number of amides is 1. The zero-order chi connectivity index (χ0) is 21.2. The molecule has 9 heteroatoms. The number of nitrogens with two attached hydrogens (primary N) is 1. The van der Waals surface area contributed by atoms with Crippen molar-refractivity contribution in [2.75, 3.05) is 0 Å². The average Bonchev–Trinajstić information content (AvgIpc) is 3.15. The quantitative estimate of drug-likeness (QED) is 0.556. The van der Waals surface area contributed by atoms with Crippen LogP contribution in [0.15, 0.2) is 27.8 Å². The molecule has 4 rings (SSSR count). The highest BCUT2D eigenvalue weighted by Gasteiger charge is 2.23. The number of carbonyl (C=O) groups is 1. The predicted octanol–water partition coefficient (Wildman–Crippen LogP) is 0.858. The van der Waals surface area contributed by atoms with Crippen LogP contribution >= 0.6 is 0 Å². The van der Waals surface area contributed by atoms with Crippen molar-refractivity contribution in [1.29, 1.82) is 0 Å². The van der Waals surface area contributed by atoms with Crippen molar-refractivity contribution in [2.24, 2.45) is 12.8 Å². The van der Waals surface area contributed by atoms with Gasteiger partial charge in [0.1, 0.15) is 6.54 Å². The van der Waals surface area contributed by atoms with Gasteiger partial charge in [0.05, 0.1) is 0 Å². The lowest BCUT2D eigenvalue weighted by Gasteiger charge is -2.09. The first-order valence-electron chi connectivity index (χ1n) is 9.19. The van der Waals surface area contributed by atoms with E-state index in [4.69, 9.17) is 5.73 Å². The summed E-state index contributed by atoms with van der Waals surface area (Å²) in [5.41, 5.74) is 9.49. The SMILES string of the molecule is Cc1ccc(-n2c(C)c(C)n3c4c(=O)n(CC(N)=O)c(=O)n(C)c4nc23)cc1C. The molecule has 1 amide bonds. The van der Waals surface area contributed by atoms with Crippen molar-refractivity contribution in [2.45, 2.75) is 34.2 Å². The highest BCUT2D eigenvalue weighted by Crippen LogP contribution is 2.25. The number of benzene rings is 1. The maximum absolute atomic E-state index is 13.1. The Morgan fingerprint density at radius 2 is 1.76 bits per heavy atom. The molecule has 2 N–H and O–H groups in total. The largest absolute Gasteiger partial charge is 0.368 e. The van der Waals surface area contributed by atoms with Crippen LogP contribution in [-0.4, -0.2) is 29.0 Å². The van der Waals surface area contributed by atoms with E-state index in [0.29, 0.717) is 5.78 Å². The van der Waals surface area contributed by atoms with Crippen molar-refractivity contribution >= 4 is 22.8 Å². The minimum atomic E-state index is -0.759. The molecule has 0 aliphatic carbocycles. The Balaban J connectivity index is 2.18. The summed E-state index contributed by atoms with van der Waals surface area (Å²) in [6.07, 6.45) is 0. The summed E-state index contributed by atoms with van der Waals surface area (Å²) in [5, 5.41) is 0. The van der Waals surface area contributed by atoms with E-state index in [-0.39, 0.29) is 11.2 Å². The Hall–Kier alpha value is -3.62. The fraction of sp³-hybridized carbons (Fsp3) is 0.300. The third-order valence-electron chi connectivity index (χ3n) is 5.58. The van der Waals surface area contributed by atoms with Crippen LogP contribution < -0.4 is 17.0 Å². The second-order valence-corrected chi connectivity index (χ2v) is 7.39. The smallest absolute Gasteiger partial charge is 0.332 e. The molecular formula is C20H22N6O3. The van der Waals surface area contributed by atoms with Gasteiger partial charge in [0.15, 0.2) is 11.2 Å². The molecule has 4 aromatic rings. The summed E-state index contributed by atoms with van der Waals surface area (Å²) < 4.78 is 5.82. The summed E-state index contributed by atoms with van der Waals surface area (Å²) in [6.45, 7) is 7.45. The van der Waals surface area contributed by atoms with Gasteiger partial charge >= 0.3 is 5.69 Å². The molecule has 3 heterocycles. The van der Waals surface area contributed by atoms with Crippen molar-refractivity contribution in [3.8, 4) is 5.69 Å². The lowest BCUT2D eigenvalue weighted by molar-refractivity contribution is -0.118. The van der Waals surface area contributed by atoms with E-state index in [9.17, 15) is 14.4 Å². The Kier molecular flexibility index (Phi) is 4.00. The number of hydrogen-bond donors (Lipinski definition) is 1. The maximum atomic E-state index is 13.1. The van der Waals surface area contributed by atoms with E-state index >= 15 is 0 Å².